The van der Waals surface area contributed by atoms with E-state index in [-0.39, 0.29) is 22.5 Å². The summed E-state index contributed by atoms with van der Waals surface area (Å²) < 4.78 is 33.8. The topological polar surface area (TPSA) is 126 Å². The van der Waals surface area contributed by atoms with Gasteiger partial charge in [0.2, 0.25) is 10.0 Å². The lowest BCUT2D eigenvalue weighted by Gasteiger charge is -2.30. The molecule has 148 valence electrons. The van der Waals surface area contributed by atoms with Crippen molar-refractivity contribution in [3.05, 3.63) is 23.8 Å². The van der Waals surface area contributed by atoms with Crippen LogP contribution in [0.5, 0.6) is 5.75 Å². The number of amides is 3. The number of sulfonamides is 1. The first-order valence-electron chi connectivity index (χ1n) is 8.75. The van der Waals surface area contributed by atoms with Crippen molar-refractivity contribution in [1.29, 1.82) is 0 Å². The van der Waals surface area contributed by atoms with Gasteiger partial charge in [-0.25, -0.2) is 17.9 Å². The molecular weight excluding hydrogens is 372 g/mol. The summed E-state index contributed by atoms with van der Waals surface area (Å²) >= 11 is 0. The van der Waals surface area contributed by atoms with Gasteiger partial charge in [-0.1, -0.05) is 0 Å². The first-order chi connectivity index (χ1) is 12.7. The molecule has 0 aromatic heterocycles. The van der Waals surface area contributed by atoms with Crippen LogP contribution in [0.4, 0.5) is 4.79 Å². The van der Waals surface area contributed by atoms with Gasteiger partial charge in [0.05, 0.1) is 12.0 Å². The maximum Gasteiger partial charge on any atom is 0.322 e. The Bertz CT molecular complexity index is 872. The standard InChI is InChI=1S/C17H24N4O5S/c1-10-13(5-4-8-18-10)21-27(24,25)11-6-7-14(26-3)12(9-11)17(2)15(22)19-16(23)20-17/h6-7,9-10,13,18,21H,4-5,8H2,1-3H3,(H2,19,20,22,23). The number of piperidine rings is 1. The van der Waals surface area contributed by atoms with Crippen molar-refractivity contribution < 1.29 is 22.7 Å². The lowest BCUT2D eigenvalue weighted by Crippen LogP contribution is -2.51. The second-order valence-corrected chi connectivity index (χ2v) is 8.72. The van der Waals surface area contributed by atoms with Crippen molar-refractivity contribution in [2.75, 3.05) is 13.7 Å². The largest absolute Gasteiger partial charge is 0.496 e. The maximum atomic E-state index is 12.9. The summed E-state index contributed by atoms with van der Waals surface area (Å²) in [6.45, 7) is 4.30. The van der Waals surface area contributed by atoms with Crippen molar-refractivity contribution in [2.45, 2.75) is 49.2 Å². The second kappa shape index (κ2) is 7.10. The molecule has 3 amide bonds. The van der Waals surface area contributed by atoms with Crippen molar-refractivity contribution in [3.63, 3.8) is 0 Å². The van der Waals surface area contributed by atoms with Crippen molar-refractivity contribution in [1.82, 2.24) is 20.7 Å². The predicted molar refractivity (Wildman–Crippen MR) is 97.8 cm³/mol. The first-order valence-corrected chi connectivity index (χ1v) is 10.2. The summed E-state index contributed by atoms with van der Waals surface area (Å²) in [6, 6.07) is 3.42. The number of imide groups is 1. The number of urea groups is 1. The van der Waals surface area contributed by atoms with Gasteiger partial charge in [-0.2, -0.15) is 0 Å². The van der Waals surface area contributed by atoms with Gasteiger partial charge >= 0.3 is 6.03 Å². The smallest absolute Gasteiger partial charge is 0.322 e. The fourth-order valence-electron chi connectivity index (χ4n) is 3.45. The maximum absolute atomic E-state index is 12.9. The number of ether oxygens (including phenoxy) is 1. The molecule has 2 saturated heterocycles. The molecule has 27 heavy (non-hydrogen) atoms. The minimum atomic E-state index is -3.82. The van der Waals surface area contributed by atoms with Crippen LogP contribution < -0.4 is 25.4 Å². The molecule has 10 heteroatoms. The molecule has 0 spiro atoms. The third-order valence-electron chi connectivity index (χ3n) is 5.13. The number of carbonyl (C=O) groups is 2. The van der Waals surface area contributed by atoms with Crippen molar-refractivity contribution in [3.8, 4) is 5.75 Å². The molecule has 3 atom stereocenters. The minimum Gasteiger partial charge on any atom is -0.496 e. The van der Waals surface area contributed by atoms with Gasteiger partial charge in [-0.15, -0.1) is 0 Å². The average Bonchev–Trinajstić information content (AvgIpc) is 2.89. The molecule has 2 fully saturated rings. The number of carbonyl (C=O) groups excluding carboxylic acids is 2. The van der Waals surface area contributed by atoms with Crippen molar-refractivity contribution in [2.24, 2.45) is 0 Å². The molecule has 2 aliphatic heterocycles. The molecule has 0 bridgehead atoms. The normalized spacial score (nSPS) is 28.6. The first kappa shape index (κ1) is 19.6. The van der Waals surface area contributed by atoms with Gasteiger partial charge in [-0.3, -0.25) is 10.1 Å². The van der Waals surface area contributed by atoms with E-state index in [2.05, 4.69) is 20.7 Å². The highest BCUT2D eigenvalue weighted by Gasteiger charge is 2.45. The quantitative estimate of drug-likeness (QED) is 0.526. The minimum absolute atomic E-state index is 0.00578. The number of rotatable bonds is 5. The van der Waals surface area contributed by atoms with Crippen LogP contribution in [-0.2, 0) is 20.4 Å². The lowest BCUT2D eigenvalue weighted by molar-refractivity contribution is -0.123. The molecule has 3 unspecified atom stereocenters. The van der Waals surface area contributed by atoms with E-state index in [1.807, 2.05) is 6.92 Å². The van der Waals surface area contributed by atoms with Crippen LogP contribution in [0.2, 0.25) is 0 Å². The second-order valence-electron chi connectivity index (χ2n) is 7.01. The van der Waals surface area contributed by atoms with E-state index < -0.39 is 27.5 Å². The molecule has 0 radical (unpaired) electrons. The molecule has 0 aliphatic carbocycles. The molecule has 1 aromatic rings. The van der Waals surface area contributed by atoms with Gasteiger partial charge in [0.25, 0.3) is 5.91 Å². The third kappa shape index (κ3) is 3.64. The zero-order chi connectivity index (χ0) is 19.8. The van der Waals surface area contributed by atoms with E-state index in [1.165, 1.54) is 32.2 Å². The van der Waals surface area contributed by atoms with Crippen LogP contribution in [0, 0.1) is 0 Å². The van der Waals surface area contributed by atoms with Crippen LogP contribution in [-0.4, -0.2) is 46.1 Å². The van der Waals surface area contributed by atoms with Crippen molar-refractivity contribution >= 4 is 22.0 Å². The molecule has 4 N–H and O–H groups in total. The highest BCUT2D eigenvalue weighted by molar-refractivity contribution is 7.89. The number of nitrogens with one attached hydrogen (secondary N) is 4. The summed E-state index contributed by atoms with van der Waals surface area (Å²) in [6.07, 6.45) is 1.63. The Morgan fingerprint density at radius 2 is 2.04 bits per heavy atom. The Hall–Kier alpha value is -2.17. The predicted octanol–water partition coefficient (Wildman–Crippen LogP) is 0.169. The van der Waals surface area contributed by atoms with E-state index >= 15 is 0 Å². The van der Waals surface area contributed by atoms with E-state index in [1.54, 1.807) is 0 Å². The highest BCUT2D eigenvalue weighted by Crippen LogP contribution is 2.34. The van der Waals surface area contributed by atoms with Crippen LogP contribution in [0.3, 0.4) is 0 Å². The molecule has 3 rings (SSSR count). The summed E-state index contributed by atoms with van der Waals surface area (Å²) in [5.41, 5.74) is -1.15. The molecule has 9 nitrogen and oxygen atoms in total. The molecular formula is C17H24N4O5S. The molecule has 0 saturated carbocycles. The summed E-state index contributed by atoms with van der Waals surface area (Å²) in [5.74, 6) is -0.264. The Labute approximate surface area is 158 Å². The Kier molecular flexibility index (Phi) is 5.15. The monoisotopic (exact) mass is 396 g/mol. The Balaban J connectivity index is 1.97. The van der Waals surface area contributed by atoms with Crippen LogP contribution >= 0.6 is 0 Å². The highest BCUT2D eigenvalue weighted by atomic mass is 32.2. The molecule has 1 aromatic carbocycles. The fraction of sp³-hybridized carbons (Fsp3) is 0.529. The lowest BCUT2D eigenvalue weighted by atomic mass is 9.91. The number of methoxy groups -OCH3 is 1. The van der Waals surface area contributed by atoms with Crippen LogP contribution in [0.25, 0.3) is 0 Å². The Morgan fingerprint density at radius 3 is 2.63 bits per heavy atom. The van der Waals surface area contributed by atoms with Gasteiger partial charge in [-0.05, 0) is 51.4 Å². The van der Waals surface area contributed by atoms with E-state index in [4.69, 9.17) is 4.74 Å². The fourth-order valence-corrected chi connectivity index (χ4v) is 4.83. The van der Waals surface area contributed by atoms with Gasteiger partial charge in [0, 0.05) is 17.6 Å². The SMILES string of the molecule is COc1ccc(S(=O)(=O)NC2CCCNC2C)cc1C1(C)NC(=O)NC1=O. The number of hydrogen-bond acceptors (Lipinski definition) is 6. The van der Waals surface area contributed by atoms with Gasteiger partial charge in [0.1, 0.15) is 11.3 Å². The van der Waals surface area contributed by atoms with Gasteiger partial charge < -0.3 is 15.4 Å². The van der Waals surface area contributed by atoms with E-state index in [0.29, 0.717) is 5.75 Å². The molecule has 2 heterocycles. The summed E-state index contributed by atoms with van der Waals surface area (Å²) in [5, 5.41) is 7.95. The van der Waals surface area contributed by atoms with E-state index in [0.717, 1.165) is 19.4 Å². The molecule has 2 aliphatic rings. The summed E-state index contributed by atoms with van der Waals surface area (Å²) in [7, 11) is -2.40. The third-order valence-corrected chi connectivity index (χ3v) is 6.62. The number of benzene rings is 1. The zero-order valence-corrected chi connectivity index (χ0v) is 16.3. The van der Waals surface area contributed by atoms with Crippen LogP contribution in [0.15, 0.2) is 23.1 Å². The summed E-state index contributed by atoms with van der Waals surface area (Å²) in [4.78, 5) is 23.9. The van der Waals surface area contributed by atoms with Gasteiger partial charge in [0.15, 0.2) is 0 Å². The zero-order valence-electron chi connectivity index (χ0n) is 15.5. The Morgan fingerprint density at radius 1 is 1.30 bits per heavy atom. The average molecular weight is 396 g/mol. The number of hydrogen-bond donors (Lipinski definition) is 4. The van der Waals surface area contributed by atoms with Crippen LogP contribution in [0.1, 0.15) is 32.3 Å². The van der Waals surface area contributed by atoms with E-state index in [9.17, 15) is 18.0 Å².